The average Bonchev–Trinajstić information content (AvgIpc) is 2.87. The Morgan fingerprint density at radius 2 is 2.16 bits per heavy atom. The number of carbonyl (C=O) groups is 2. The summed E-state index contributed by atoms with van der Waals surface area (Å²) in [7, 11) is 1.59. The van der Waals surface area contributed by atoms with Crippen LogP contribution in [-0.4, -0.2) is 60.9 Å². The van der Waals surface area contributed by atoms with Gasteiger partial charge in [0.1, 0.15) is 6.10 Å². The van der Waals surface area contributed by atoms with Gasteiger partial charge in [-0.2, -0.15) is 0 Å². The maximum absolute atomic E-state index is 12.0. The van der Waals surface area contributed by atoms with E-state index >= 15 is 0 Å². The van der Waals surface area contributed by atoms with Crippen molar-refractivity contribution in [2.75, 3.05) is 26.8 Å². The van der Waals surface area contributed by atoms with Crippen LogP contribution in [-0.2, 0) is 19.1 Å². The van der Waals surface area contributed by atoms with Gasteiger partial charge in [-0.3, -0.25) is 9.59 Å². The van der Waals surface area contributed by atoms with E-state index in [-0.39, 0.29) is 18.6 Å². The number of carbonyl (C=O) groups excluding carboxylic acids is 1. The number of ether oxygens (including phenoxy) is 2. The molecule has 1 amide bonds. The number of hydrogen-bond acceptors (Lipinski definition) is 4. The first kappa shape index (κ1) is 15.9. The Balaban J connectivity index is 2.31. The Bertz CT molecular complexity index is 314. The molecule has 0 spiro atoms. The molecule has 1 heterocycles. The fraction of sp³-hybridized carbons (Fsp3) is 0.846. The van der Waals surface area contributed by atoms with Crippen molar-refractivity contribution in [2.24, 2.45) is 5.92 Å². The first-order valence-electron chi connectivity index (χ1n) is 6.62. The van der Waals surface area contributed by atoms with Gasteiger partial charge in [-0.15, -0.1) is 0 Å². The summed E-state index contributed by atoms with van der Waals surface area (Å²) in [6, 6.07) is 0. The predicted octanol–water partition coefficient (Wildman–Crippen LogP) is 0.750. The minimum atomic E-state index is -0.910. The van der Waals surface area contributed by atoms with Crippen LogP contribution >= 0.6 is 0 Å². The molecule has 110 valence electrons. The monoisotopic (exact) mass is 273 g/mol. The Morgan fingerprint density at radius 3 is 2.68 bits per heavy atom. The molecule has 1 aliphatic rings. The van der Waals surface area contributed by atoms with Crippen LogP contribution in [0.1, 0.15) is 26.7 Å². The summed E-state index contributed by atoms with van der Waals surface area (Å²) < 4.78 is 10.9. The highest BCUT2D eigenvalue weighted by molar-refractivity contribution is 5.81. The predicted molar refractivity (Wildman–Crippen MR) is 68.8 cm³/mol. The van der Waals surface area contributed by atoms with Gasteiger partial charge in [0.25, 0.3) is 5.91 Å². The van der Waals surface area contributed by atoms with Crippen molar-refractivity contribution < 1.29 is 24.2 Å². The second-order valence-corrected chi connectivity index (χ2v) is 5.07. The normalized spacial score (nSPS) is 21.9. The minimum Gasteiger partial charge on any atom is -0.481 e. The summed E-state index contributed by atoms with van der Waals surface area (Å²) in [6.07, 6.45) is 1.51. The molecule has 3 unspecified atom stereocenters. The number of amides is 1. The zero-order valence-corrected chi connectivity index (χ0v) is 11.8. The van der Waals surface area contributed by atoms with Crippen LogP contribution < -0.4 is 0 Å². The lowest BCUT2D eigenvalue weighted by atomic mass is 10.1. The van der Waals surface area contributed by atoms with E-state index in [0.717, 1.165) is 19.4 Å². The summed E-state index contributed by atoms with van der Waals surface area (Å²) in [6.45, 7) is 4.60. The van der Waals surface area contributed by atoms with Crippen molar-refractivity contribution in [2.45, 2.75) is 38.9 Å². The third-order valence-electron chi connectivity index (χ3n) is 3.25. The first-order chi connectivity index (χ1) is 8.91. The van der Waals surface area contributed by atoms with Crippen LogP contribution in [0.4, 0.5) is 0 Å². The molecule has 0 bridgehead atoms. The largest absolute Gasteiger partial charge is 0.481 e. The molecule has 6 nitrogen and oxygen atoms in total. The molecule has 19 heavy (non-hydrogen) atoms. The van der Waals surface area contributed by atoms with Gasteiger partial charge in [-0.1, -0.05) is 6.92 Å². The number of hydrogen-bond donors (Lipinski definition) is 1. The Morgan fingerprint density at radius 1 is 1.47 bits per heavy atom. The summed E-state index contributed by atoms with van der Waals surface area (Å²) in [5, 5.41) is 8.81. The van der Waals surface area contributed by atoms with Crippen molar-refractivity contribution in [3.63, 3.8) is 0 Å². The average molecular weight is 273 g/mol. The molecule has 0 radical (unpaired) electrons. The maximum Gasteiger partial charge on any atom is 0.308 e. The van der Waals surface area contributed by atoms with Gasteiger partial charge < -0.3 is 19.5 Å². The van der Waals surface area contributed by atoms with Gasteiger partial charge in [0, 0.05) is 20.2 Å². The molecular weight excluding hydrogens is 250 g/mol. The lowest BCUT2D eigenvalue weighted by Crippen LogP contribution is -2.40. The van der Waals surface area contributed by atoms with Gasteiger partial charge in [-0.05, 0) is 19.8 Å². The van der Waals surface area contributed by atoms with Crippen LogP contribution in [0.2, 0.25) is 0 Å². The van der Waals surface area contributed by atoms with E-state index in [1.165, 1.54) is 4.90 Å². The first-order valence-corrected chi connectivity index (χ1v) is 6.62. The molecule has 1 fully saturated rings. The molecule has 0 aromatic carbocycles. The van der Waals surface area contributed by atoms with Crippen LogP contribution in [0.3, 0.4) is 0 Å². The lowest BCUT2D eigenvalue weighted by molar-refractivity contribution is -0.147. The van der Waals surface area contributed by atoms with Gasteiger partial charge >= 0.3 is 5.97 Å². The molecule has 1 aliphatic heterocycles. The molecule has 3 atom stereocenters. The minimum absolute atomic E-state index is 0.0819. The van der Waals surface area contributed by atoms with Crippen molar-refractivity contribution in [1.29, 1.82) is 0 Å². The molecule has 1 N–H and O–H groups in total. The van der Waals surface area contributed by atoms with E-state index in [4.69, 9.17) is 14.6 Å². The Kier molecular flexibility index (Phi) is 6.24. The zero-order chi connectivity index (χ0) is 14.4. The number of rotatable bonds is 7. The molecule has 0 aromatic rings. The molecule has 0 saturated carbocycles. The zero-order valence-electron chi connectivity index (χ0n) is 11.8. The third-order valence-corrected chi connectivity index (χ3v) is 3.25. The highest BCUT2D eigenvalue weighted by Gasteiger charge is 2.24. The fourth-order valence-corrected chi connectivity index (χ4v) is 1.99. The summed E-state index contributed by atoms with van der Waals surface area (Å²) in [5.41, 5.74) is 0. The fourth-order valence-electron chi connectivity index (χ4n) is 1.99. The number of carboxylic acids is 1. The number of aliphatic carboxylic acids is 1. The van der Waals surface area contributed by atoms with E-state index in [9.17, 15) is 9.59 Å². The summed E-state index contributed by atoms with van der Waals surface area (Å²) in [5.74, 6) is -1.70. The lowest BCUT2D eigenvalue weighted by Gasteiger charge is -2.23. The molecule has 0 aliphatic carbocycles. The van der Waals surface area contributed by atoms with Gasteiger partial charge in [0.05, 0.1) is 18.6 Å². The number of likely N-dealkylation sites (N-methyl/N-ethyl adjacent to an activating group) is 1. The van der Waals surface area contributed by atoms with Crippen molar-refractivity contribution in [1.82, 2.24) is 4.90 Å². The van der Waals surface area contributed by atoms with E-state index in [2.05, 4.69) is 0 Å². The molecule has 0 aromatic heterocycles. The number of carboxylic acid groups (broad SMARTS) is 1. The van der Waals surface area contributed by atoms with E-state index in [1.807, 2.05) is 0 Å². The van der Waals surface area contributed by atoms with Gasteiger partial charge in [-0.25, -0.2) is 0 Å². The Hall–Kier alpha value is -1.14. The molecular formula is C13H23NO5. The Labute approximate surface area is 113 Å². The summed E-state index contributed by atoms with van der Waals surface area (Å²) in [4.78, 5) is 24.1. The van der Waals surface area contributed by atoms with Crippen LogP contribution in [0.15, 0.2) is 0 Å². The van der Waals surface area contributed by atoms with Gasteiger partial charge in [0.2, 0.25) is 0 Å². The molecule has 1 saturated heterocycles. The molecule has 1 rings (SSSR count). The summed E-state index contributed by atoms with van der Waals surface area (Å²) >= 11 is 0. The second-order valence-electron chi connectivity index (χ2n) is 5.07. The van der Waals surface area contributed by atoms with Crippen molar-refractivity contribution in [3.05, 3.63) is 0 Å². The topological polar surface area (TPSA) is 76.1 Å². The third kappa shape index (κ3) is 5.16. The maximum atomic E-state index is 12.0. The van der Waals surface area contributed by atoms with Crippen molar-refractivity contribution >= 4 is 11.9 Å². The standard InChI is InChI=1S/C13H23NO5/c1-9(13(16)17)7-14(3)12(15)10(2)19-8-11-5-4-6-18-11/h9-11H,4-8H2,1-3H3,(H,16,17). The molecule has 6 heteroatoms. The second kappa shape index (κ2) is 7.45. The van der Waals surface area contributed by atoms with Crippen LogP contribution in [0, 0.1) is 5.92 Å². The number of nitrogens with zero attached hydrogens (tertiary/aromatic N) is 1. The van der Waals surface area contributed by atoms with Crippen molar-refractivity contribution in [3.8, 4) is 0 Å². The van der Waals surface area contributed by atoms with E-state index in [1.54, 1.807) is 20.9 Å². The highest BCUT2D eigenvalue weighted by Crippen LogP contribution is 2.13. The van der Waals surface area contributed by atoms with Gasteiger partial charge in [0.15, 0.2) is 0 Å². The van der Waals surface area contributed by atoms with E-state index in [0.29, 0.717) is 6.61 Å². The highest BCUT2D eigenvalue weighted by atomic mass is 16.5. The van der Waals surface area contributed by atoms with Crippen LogP contribution in [0.25, 0.3) is 0 Å². The van der Waals surface area contributed by atoms with Crippen LogP contribution in [0.5, 0.6) is 0 Å². The SMILES string of the molecule is CC(CN(C)C(=O)C(C)OCC1CCCO1)C(=O)O. The van der Waals surface area contributed by atoms with E-state index < -0.39 is 18.0 Å². The quantitative estimate of drug-likeness (QED) is 0.740. The smallest absolute Gasteiger partial charge is 0.308 e.